The van der Waals surface area contributed by atoms with Crippen molar-refractivity contribution >= 4 is 54.4 Å². The maximum atomic E-state index is 13.7. The molecule has 61 heavy (non-hydrogen) atoms. The molecule has 0 aliphatic rings. The van der Waals surface area contributed by atoms with E-state index < -0.39 is 0 Å². The summed E-state index contributed by atoms with van der Waals surface area (Å²) < 4.78 is 34.2. The van der Waals surface area contributed by atoms with Crippen LogP contribution in [0.1, 0.15) is 38.8 Å². The molecule has 0 saturated carbocycles. The smallest absolute Gasteiger partial charge is 0.195 e. The minimum Gasteiger partial charge on any atom is -0.508 e. The topological polar surface area (TPSA) is 110 Å². The van der Waals surface area contributed by atoms with Crippen LogP contribution in [0.5, 0.6) is 34.5 Å². The number of hydrogen-bond donors (Lipinski definition) is 1. The number of thiophene rings is 2. The van der Waals surface area contributed by atoms with Gasteiger partial charge in [0.15, 0.2) is 11.6 Å². The number of benzene rings is 6. The van der Waals surface area contributed by atoms with E-state index in [0.29, 0.717) is 47.8 Å². The average Bonchev–Trinajstić information content (AvgIpc) is 3.89. The van der Waals surface area contributed by atoms with Crippen molar-refractivity contribution in [2.24, 2.45) is 0 Å². The molecule has 0 amide bonds. The number of ether oxygens (including phenoxy) is 6. The van der Waals surface area contributed by atoms with Crippen LogP contribution in [-0.2, 0) is 4.74 Å². The Labute approximate surface area is 362 Å². The van der Waals surface area contributed by atoms with Crippen molar-refractivity contribution in [3.05, 3.63) is 156 Å². The Hall–Kier alpha value is -6.66. The van der Waals surface area contributed by atoms with Gasteiger partial charge in [0.05, 0.1) is 35.0 Å². The van der Waals surface area contributed by atoms with Gasteiger partial charge in [-0.15, -0.1) is 22.7 Å². The SMILES string of the molecule is CCOCCOc1ccc(C(=O)c2c(-c3ccc(OC)cc3)sc3cc(OC)ccc23)cc1.COc1ccc(-c2sc3cc(OC)ccc3c2C(=O)c2ccc(O)cc2)cc1. The maximum absolute atomic E-state index is 13.7. The summed E-state index contributed by atoms with van der Waals surface area (Å²) in [5.41, 5.74) is 4.39. The van der Waals surface area contributed by atoms with Gasteiger partial charge in [0.25, 0.3) is 0 Å². The fourth-order valence-corrected chi connectivity index (χ4v) is 9.18. The molecule has 8 aromatic rings. The van der Waals surface area contributed by atoms with Crippen molar-refractivity contribution in [3.8, 4) is 55.4 Å². The van der Waals surface area contributed by atoms with Gasteiger partial charge in [0.2, 0.25) is 0 Å². The first-order valence-corrected chi connectivity index (χ1v) is 21.1. The van der Waals surface area contributed by atoms with Crippen LogP contribution in [0.15, 0.2) is 133 Å². The Morgan fingerprint density at radius 3 is 1.30 bits per heavy atom. The number of fused-ring (bicyclic) bond motifs is 2. The first-order valence-electron chi connectivity index (χ1n) is 19.4. The van der Waals surface area contributed by atoms with E-state index in [2.05, 4.69) is 0 Å². The zero-order chi connectivity index (χ0) is 42.9. The monoisotopic (exact) mass is 852 g/mol. The van der Waals surface area contributed by atoms with Crippen LogP contribution in [0.3, 0.4) is 0 Å². The van der Waals surface area contributed by atoms with E-state index in [4.69, 9.17) is 28.4 Å². The van der Waals surface area contributed by atoms with Crippen molar-refractivity contribution in [2.75, 3.05) is 48.3 Å². The van der Waals surface area contributed by atoms with Crippen LogP contribution in [0, 0.1) is 0 Å². The summed E-state index contributed by atoms with van der Waals surface area (Å²) >= 11 is 3.14. The van der Waals surface area contributed by atoms with E-state index in [1.165, 1.54) is 12.1 Å². The molecule has 9 nitrogen and oxygen atoms in total. The minimum atomic E-state index is -0.0813. The molecule has 0 radical (unpaired) electrons. The van der Waals surface area contributed by atoms with Crippen LogP contribution >= 0.6 is 22.7 Å². The molecule has 11 heteroatoms. The Morgan fingerprint density at radius 2 is 0.885 bits per heavy atom. The molecule has 2 heterocycles. The third-order valence-corrected chi connectivity index (χ3v) is 12.3. The highest BCUT2D eigenvalue weighted by Crippen LogP contribution is 2.43. The lowest BCUT2D eigenvalue weighted by atomic mass is 9.97. The van der Waals surface area contributed by atoms with E-state index in [9.17, 15) is 14.7 Å². The lowest BCUT2D eigenvalue weighted by Crippen LogP contribution is -2.07. The summed E-state index contributed by atoms with van der Waals surface area (Å²) in [7, 11) is 6.53. The van der Waals surface area contributed by atoms with Gasteiger partial charge in [0.1, 0.15) is 41.1 Å². The number of rotatable bonds is 15. The number of methoxy groups -OCH3 is 4. The molecule has 0 unspecified atom stereocenters. The predicted molar refractivity (Wildman–Crippen MR) is 244 cm³/mol. The zero-order valence-electron chi connectivity index (χ0n) is 34.4. The fourth-order valence-electron chi connectivity index (χ4n) is 6.72. The number of ketones is 2. The molecule has 8 rings (SSSR count). The quantitative estimate of drug-likeness (QED) is 0.0796. The Morgan fingerprint density at radius 1 is 0.492 bits per heavy atom. The van der Waals surface area contributed by atoms with Crippen LogP contribution in [0.2, 0.25) is 0 Å². The maximum Gasteiger partial charge on any atom is 0.195 e. The van der Waals surface area contributed by atoms with Gasteiger partial charge in [-0.25, -0.2) is 0 Å². The second-order valence-corrected chi connectivity index (χ2v) is 15.7. The third kappa shape index (κ3) is 9.55. The first-order chi connectivity index (χ1) is 29.7. The molecular formula is C50H44O9S2. The molecule has 0 aliphatic heterocycles. The van der Waals surface area contributed by atoms with Crippen molar-refractivity contribution in [3.63, 3.8) is 0 Å². The van der Waals surface area contributed by atoms with E-state index >= 15 is 0 Å². The Kier molecular flexibility index (Phi) is 13.6. The number of carbonyl (C=O) groups excluding carboxylic acids is 2. The molecule has 0 fully saturated rings. The lowest BCUT2D eigenvalue weighted by Gasteiger charge is -2.09. The van der Waals surface area contributed by atoms with Gasteiger partial charge in [-0.1, -0.05) is 0 Å². The lowest BCUT2D eigenvalue weighted by molar-refractivity contribution is 0.103. The van der Waals surface area contributed by atoms with Crippen LogP contribution < -0.4 is 23.7 Å². The van der Waals surface area contributed by atoms with Crippen LogP contribution in [0.4, 0.5) is 0 Å². The molecule has 0 bridgehead atoms. The number of carbonyl (C=O) groups is 2. The van der Waals surface area contributed by atoms with Gasteiger partial charge in [-0.2, -0.15) is 0 Å². The molecule has 310 valence electrons. The van der Waals surface area contributed by atoms with Crippen molar-refractivity contribution in [1.82, 2.24) is 0 Å². The summed E-state index contributed by atoms with van der Waals surface area (Å²) in [5, 5.41) is 11.3. The molecule has 2 aromatic heterocycles. The normalized spacial score (nSPS) is 10.8. The van der Waals surface area contributed by atoms with Gasteiger partial charge in [-0.05, 0) is 152 Å². The number of phenolic OH excluding ortho intramolecular Hbond substituents is 1. The fraction of sp³-hybridized carbons (Fsp3) is 0.160. The molecular weight excluding hydrogens is 809 g/mol. The Balaban J connectivity index is 0.000000186. The van der Waals surface area contributed by atoms with Crippen molar-refractivity contribution in [2.45, 2.75) is 6.92 Å². The Bertz CT molecular complexity index is 2750. The molecule has 0 spiro atoms. The molecule has 1 N–H and O–H groups in total. The van der Waals surface area contributed by atoms with E-state index in [-0.39, 0.29) is 17.3 Å². The molecule has 6 aromatic carbocycles. The largest absolute Gasteiger partial charge is 0.508 e. The molecule has 0 aliphatic carbocycles. The summed E-state index contributed by atoms with van der Waals surface area (Å²) in [5.74, 6) is 3.78. The van der Waals surface area contributed by atoms with Gasteiger partial charge < -0.3 is 33.5 Å². The van der Waals surface area contributed by atoms with Crippen molar-refractivity contribution < 1.29 is 43.1 Å². The highest BCUT2D eigenvalue weighted by molar-refractivity contribution is 7.23. The second kappa shape index (κ2) is 19.6. The highest BCUT2D eigenvalue weighted by Gasteiger charge is 2.24. The third-order valence-electron chi connectivity index (χ3n) is 9.90. The molecule has 0 atom stereocenters. The van der Waals surface area contributed by atoms with Gasteiger partial charge >= 0.3 is 0 Å². The van der Waals surface area contributed by atoms with Crippen LogP contribution in [0.25, 0.3) is 41.1 Å². The van der Waals surface area contributed by atoms with E-state index in [0.717, 1.165) is 64.1 Å². The first kappa shape index (κ1) is 42.5. The summed E-state index contributed by atoms with van der Waals surface area (Å²) in [6.45, 7) is 3.62. The van der Waals surface area contributed by atoms with Crippen LogP contribution in [-0.4, -0.2) is 64.9 Å². The minimum absolute atomic E-state index is 0.0295. The summed E-state index contributed by atoms with van der Waals surface area (Å²) in [6, 6.07) is 40.6. The zero-order valence-corrected chi connectivity index (χ0v) is 36.0. The number of aromatic hydroxyl groups is 1. The van der Waals surface area contributed by atoms with E-state index in [1.807, 2.05) is 116 Å². The summed E-state index contributed by atoms with van der Waals surface area (Å²) in [4.78, 5) is 28.9. The second-order valence-electron chi connectivity index (χ2n) is 13.6. The van der Waals surface area contributed by atoms with Crippen molar-refractivity contribution in [1.29, 1.82) is 0 Å². The summed E-state index contributed by atoms with van der Waals surface area (Å²) in [6.07, 6.45) is 0. The highest BCUT2D eigenvalue weighted by atomic mass is 32.1. The number of phenols is 1. The molecule has 0 saturated heterocycles. The predicted octanol–water partition coefficient (Wildman–Crippen LogP) is 11.8. The number of hydrogen-bond acceptors (Lipinski definition) is 11. The van der Waals surface area contributed by atoms with Gasteiger partial charge in [-0.3, -0.25) is 9.59 Å². The standard InChI is InChI=1S/C27H26O5S.C23H18O4S/c1-4-31-15-16-32-21-11-5-18(6-12-21)26(28)25-23-14-13-22(30-3)17-24(23)33-27(25)19-7-9-20(29-2)10-8-19;1-26-17-9-5-15(6-10-17)23-21(22(25)14-3-7-16(24)8-4-14)19-12-11-18(27-2)13-20(19)28-23/h5-14,17H,4,15-16H2,1-3H3;3-13,24H,1-2H3. The van der Waals surface area contributed by atoms with Gasteiger partial charge in [0, 0.05) is 58.8 Å². The van der Waals surface area contributed by atoms with E-state index in [1.54, 1.807) is 63.2 Å². The average molecular weight is 853 g/mol.